The summed E-state index contributed by atoms with van der Waals surface area (Å²) in [6.45, 7) is 2.81. The first-order valence-corrected chi connectivity index (χ1v) is 7.97. The first-order valence-electron chi connectivity index (χ1n) is 7.97. The maximum Gasteiger partial charge on any atom is 0.334 e. The van der Waals surface area contributed by atoms with Gasteiger partial charge in [0.1, 0.15) is 12.4 Å². The summed E-state index contributed by atoms with van der Waals surface area (Å²) in [6, 6.07) is 16.3. The molecule has 0 saturated carbocycles. The first kappa shape index (κ1) is 14.1. The fourth-order valence-electron chi connectivity index (χ4n) is 3.30. The average Bonchev–Trinajstić information content (AvgIpc) is 3.18. The number of fused-ring (bicyclic) bond motifs is 3. The number of allylic oxidation sites excluding steroid dienone is 1. The number of esters is 1. The molecule has 2 aliphatic rings. The van der Waals surface area contributed by atoms with Crippen LogP contribution in [0, 0.1) is 0 Å². The van der Waals surface area contributed by atoms with Crippen LogP contribution in [0.25, 0.3) is 0 Å². The van der Waals surface area contributed by atoms with Crippen LogP contribution < -0.4 is 4.74 Å². The Labute approximate surface area is 135 Å². The lowest BCUT2D eigenvalue weighted by Crippen LogP contribution is -2.04. The minimum Gasteiger partial charge on any atom is -0.489 e. The lowest BCUT2D eigenvalue weighted by atomic mass is 10.0. The molecule has 3 heteroatoms. The molecule has 0 bridgehead atoms. The van der Waals surface area contributed by atoms with Crippen molar-refractivity contribution in [1.29, 1.82) is 0 Å². The zero-order valence-corrected chi connectivity index (χ0v) is 13.0. The van der Waals surface area contributed by atoms with E-state index in [2.05, 4.69) is 12.1 Å². The Balaban J connectivity index is 1.47. The van der Waals surface area contributed by atoms with Crippen LogP contribution in [0.1, 0.15) is 29.5 Å². The fourth-order valence-corrected chi connectivity index (χ4v) is 3.30. The predicted octanol–water partition coefficient (Wildman–Crippen LogP) is 3.78. The Morgan fingerprint density at radius 3 is 2.78 bits per heavy atom. The van der Waals surface area contributed by atoms with Crippen LogP contribution in [0.4, 0.5) is 0 Å². The highest BCUT2D eigenvalue weighted by Gasteiger charge is 2.48. The number of hydrogen-bond acceptors (Lipinski definition) is 3. The molecule has 0 aromatic heterocycles. The Morgan fingerprint density at radius 2 is 2.00 bits per heavy atom. The molecular formula is C20H18O3. The third kappa shape index (κ3) is 2.52. The number of hydrogen-bond donors (Lipinski definition) is 0. The molecule has 0 aliphatic heterocycles. The molecule has 3 nitrogen and oxygen atoms in total. The Bertz CT molecular complexity index is 790. The topological polar surface area (TPSA) is 35.5 Å². The van der Waals surface area contributed by atoms with E-state index >= 15 is 0 Å². The SMILES string of the molecule is CCOC(=O)C1=C2Cc3ccc(OCc4ccccc4)cc3C21. The Kier molecular flexibility index (Phi) is 3.41. The van der Waals surface area contributed by atoms with Crippen LogP contribution in [-0.4, -0.2) is 12.6 Å². The molecule has 2 aliphatic carbocycles. The molecule has 0 fully saturated rings. The van der Waals surface area contributed by atoms with Gasteiger partial charge in [-0.25, -0.2) is 4.79 Å². The van der Waals surface area contributed by atoms with Gasteiger partial charge < -0.3 is 9.47 Å². The van der Waals surface area contributed by atoms with Gasteiger partial charge in [-0.05, 0) is 47.7 Å². The number of rotatable bonds is 5. The van der Waals surface area contributed by atoms with E-state index in [0.29, 0.717) is 13.2 Å². The van der Waals surface area contributed by atoms with Crippen LogP contribution in [0.5, 0.6) is 5.75 Å². The van der Waals surface area contributed by atoms with E-state index in [4.69, 9.17) is 9.47 Å². The lowest BCUT2D eigenvalue weighted by Gasteiger charge is -2.10. The summed E-state index contributed by atoms with van der Waals surface area (Å²) in [4.78, 5) is 11.9. The monoisotopic (exact) mass is 306 g/mol. The maximum absolute atomic E-state index is 11.9. The molecule has 0 radical (unpaired) electrons. The molecule has 116 valence electrons. The van der Waals surface area contributed by atoms with Crippen LogP contribution in [0.15, 0.2) is 59.7 Å². The van der Waals surface area contributed by atoms with Gasteiger partial charge in [-0.3, -0.25) is 0 Å². The van der Waals surface area contributed by atoms with Gasteiger partial charge in [0.05, 0.1) is 6.61 Å². The highest BCUT2D eigenvalue weighted by Crippen LogP contribution is 2.56. The van der Waals surface area contributed by atoms with Gasteiger partial charge in [0, 0.05) is 11.5 Å². The number of carbonyl (C=O) groups excluding carboxylic acids is 1. The van der Waals surface area contributed by atoms with E-state index in [1.807, 2.05) is 43.3 Å². The molecule has 2 aromatic carbocycles. The van der Waals surface area contributed by atoms with Gasteiger partial charge in [-0.2, -0.15) is 0 Å². The second kappa shape index (κ2) is 5.58. The van der Waals surface area contributed by atoms with Crippen molar-refractivity contribution in [1.82, 2.24) is 0 Å². The molecule has 0 spiro atoms. The quantitative estimate of drug-likeness (QED) is 0.789. The van der Waals surface area contributed by atoms with Gasteiger partial charge in [0.25, 0.3) is 0 Å². The summed E-state index contributed by atoms with van der Waals surface area (Å²) < 4.78 is 11.0. The van der Waals surface area contributed by atoms with E-state index < -0.39 is 0 Å². The molecule has 0 amide bonds. The summed E-state index contributed by atoms with van der Waals surface area (Å²) in [6.07, 6.45) is 0.868. The van der Waals surface area contributed by atoms with Gasteiger partial charge in [0.15, 0.2) is 0 Å². The van der Waals surface area contributed by atoms with Crippen LogP contribution in [0.2, 0.25) is 0 Å². The number of ether oxygens (including phenoxy) is 2. The van der Waals surface area contributed by atoms with Crippen molar-refractivity contribution >= 4 is 5.97 Å². The van der Waals surface area contributed by atoms with E-state index in [0.717, 1.165) is 23.3 Å². The maximum atomic E-state index is 11.9. The number of carbonyl (C=O) groups is 1. The molecule has 1 unspecified atom stereocenters. The fraction of sp³-hybridized carbons (Fsp3) is 0.250. The summed E-state index contributed by atoms with van der Waals surface area (Å²) >= 11 is 0. The molecule has 4 rings (SSSR count). The molecular weight excluding hydrogens is 288 g/mol. The standard InChI is InChI=1S/C20H18O3/c1-2-22-20(21)19-17-10-14-8-9-15(11-16(14)18(17)19)23-12-13-6-4-3-5-7-13/h3-9,11,18H,2,10,12H2,1H3. The normalized spacial score (nSPS) is 17.5. The highest BCUT2D eigenvalue weighted by atomic mass is 16.5. The van der Waals surface area contributed by atoms with Crippen molar-refractivity contribution in [2.75, 3.05) is 6.61 Å². The van der Waals surface area contributed by atoms with E-state index in [9.17, 15) is 4.79 Å². The van der Waals surface area contributed by atoms with Gasteiger partial charge in [-0.15, -0.1) is 0 Å². The van der Waals surface area contributed by atoms with Gasteiger partial charge in [-0.1, -0.05) is 36.4 Å². The summed E-state index contributed by atoms with van der Waals surface area (Å²) in [5.41, 5.74) is 5.72. The summed E-state index contributed by atoms with van der Waals surface area (Å²) in [5.74, 6) is 0.863. The Morgan fingerprint density at radius 1 is 1.17 bits per heavy atom. The molecule has 0 N–H and O–H groups in total. The zero-order chi connectivity index (χ0) is 15.8. The van der Waals surface area contributed by atoms with Crippen LogP contribution >= 0.6 is 0 Å². The highest BCUT2D eigenvalue weighted by molar-refractivity contribution is 6.00. The van der Waals surface area contributed by atoms with E-state index in [1.165, 1.54) is 16.7 Å². The minimum atomic E-state index is -0.159. The molecule has 23 heavy (non-hydrogen) atoms. The van der Waals surface area contributed by atoms with Crippen molar-refractivity contribution in [2.45, 2.75) is 25.9 Å². The zero-order valence-electron chi connectivity index (χ0n) is 13.0. The molecule has 0 heterocycles. The average molecular weight is 306 g/mol. The minimum absolute atomic E-state index is 0.159. The molecule has 2 aromatic rings. The van der Waals surface area contributed by atoms with Crippen molar-refractivity contribution in [3.05, 3.63) is 76.4 Å². The van der Waals surface area contributed by atoms with Crippen LogP contribution in [-0.2, 0) is 22.6 Å². The molecule has 1 atom stereocenters. The van der Waals surface area contributed by atoms with Crippen molar-refractivity contribution < 1.29 is 14.3 Å². The predicted molar refractivity (Wildman–Crippen MR) is 87.3 cm³/mol. The van der Waals surface area contributed by atoms with Crippen molar-refractivity contribution in [3.8, 4) is 5.75 Å². The van der Waals surface area contributed by atoms with Crippen LogP contribution in [0.3, 0.4) is 0 Å². The second-order valence-corrected chi connectivity index (χ2v) is 5.90. The van der Waals surface area contributed by atoms with E-state index in [1.54, 1.807) is 0 Å². The van der Waals surface area contributed by atoms with Gasteiger partial charge >= 0.3 is 5.97 Å². The lowest BCUT2D eigenvalue weighted by molar-refractivity contribution is -0.138. The second-order valence-electron chi connectivity index (χ2n) is 5.90. The Hall–Kier alpha value is -2.55. The van der Waals surface area contributed by atoms with E-state index in [-0.39, 0.29) is 11.9 Å². The summed E-state index contributed by atoms with van der Waals surface area (Å²) in [5, 5.41) is 0. The first-order chi connectivity index (χ1) is 11.3. The summed E-state index contributed by atoms with van der Waals surface area (Å²) in [7, 11) is 0. The van der Waals surface area contributed by atoms with Gasteiger partial charge in [0.2, 0.25) is 0 Å². The molecule has 0 saturated heterocycles. The number of benzene rings is 2. The van der Waals surface area contributed by atoms with Crippen molar-refractivity contribution in [3.63, 3.8) is 0 Å². The van der Waals surface area contributed by atoms with Crippen molar-refractivity contribution in [2.24, 2.45) is 0 Å². The third-order valence-electron chi connectivity index (χ3n) is 4.45. The largest absolute Gasteiger partial charge is 0.489 e. The smallest absolute Gasteiger partial charge is 0.334 e. The third-order valence-corrected chi connectivity index (χ3v) is 4.45.